The largest absolute Gasteiger partial charge is 0.384 e. The van der Waals surface area contributed by atoms with E-state index < -0.39 is 5.97 Å². The highest BCUT2D eigenvalue weighted by Crippen LogP contribution is 2.15. The van der Waals surface area contributed by atoms with Crippen LogP contribution in [0.4, 0.5) is 0 Å². The van der Waals surface area contributed by atoms with Crippen LogP contribution in [-0.2, 0) is 0 Å². The van der Waals surface area contributed by atoms with Crippen LogP contribution in [0.1, 0.15) is 21.7 Å². The van der Waals surface area contributed by atoms with Gasteiger partial charge in [0.2, 0.25) is 0 Å². The number of aryl methyl sites for hydroxylation is 2. The quantitative estimate of drug-likeness (QED) is 0.529. The molecule has 3 heterocycles. The number of carbonyl (C=O) groups is 1. The van der Waals surface area contributed by atoms with E-state index in [0.29, 0.717) is 28.1 Å². The van der Waals surface area contributed by atoms with Gasteiger partial charge < -0.3 is 4.84 Å². The van der Waals surface area contributed by atoms with Gasteiger partial charge in [0.1, 0.15) is 16.7 Å². The number of fused-ring (bicyclic) bond motifs is 2. The van der Waals surface area contributed by atoms with Gasteiger partial charge in [-0.25, -0.2) is 9.78 Å². The van der Waals surface area contributed by atoms with Gasteiger partial charge in [-0.05, 0) is 48.9 Å². The van der Waals surface area contributed by atoms with Gasteiger partial charge in [0.25, 0.3) is 0 Å². The maximum absolute atomic E-state index is 12.6. The Labute approximate surface area is 131 Å². The molecule has 0 bridgehead atoms. The second-order valence-electron chi connectivity index (χ2n) is 5.31. The first-order valence-electron chi connectivity index (χ1n) is 7.12. The highest BCUT2D eigenvalue weighted by Gasteiger charge is 2.20. The minimum Gasteiger partial charge on any atom is -0.310 e. The molecule has 0 unspecified atom stereocenters. The summed E-state index contributed by atoms with van der Waals surface area (Å²) in [5.74, 6) is -0.533. The summed E-state index contributed by atoms with van der Waals surface area (Å²) in [4.78, 5) is 23.5. The summed E-state index contributed by atoms with van der Waals surface area (Å²) in [5, 5.41) is 7.83. The van der Waals surface area contributed by atoms with Crippen molar-refractivity contribution in [2.24, 2.45) is 0 Å². The van der Waals surface area contributed by atoms with Crippen LogP contribution in [0, 0.1) is 13.8 Å². The van der Waals surface area contributed by atoms with Crippen molar-refractivity contribution in [2.45, 2.75) is 13.8 Å². The molecule has 23 heavy (non-hydrogen) atoms. The average Bonchev–Trinajstić information content (AvgIpc) is 3.07. The van der Waals surface area contributed by atoms with Crippen molar-refractivity contribution >= 4 is 22.6 Å². The van der Waals surface area contributed by atoms with E-state index in [4.69, 9.17) is 4.84 Å². The standard InChI is InChI=1S/C16H13N5O2/c1-10-7-8-20-14(9-10)17-11(2)15(20)16(22)23-21-13-6-4-3-5-12(13)18-19-21/h3-9H,1-2H3. The minimum atomic E-state index is -0.533. The molecule has 0 aliphatic rings. The van der Waals surface area contributed by atoms with E-state index in [2.05, 4.69) is 15.3 Å². The molecule has 0 saturated heterocycles. The van der Waals surface area contributed by atoms with Gasteiger partial charge in [-0.3, -0.25) is 4.40 Å². The van der Waals surface area contributed by atoms with Gasteiger partial charge in [0, 0.05) is 6.20 Å². The zero-order valence-electron chi connectivity index (χ0n) is 12.6. The fourth-order valence-electron chi connectivity index (χ4n) is 2.55. The molecule has 0 amide bonds. The molecular formula is C16H13N5O2. The molecule has 0 saturated carbocycles. The topological polar surface area (TPSA) is 74.3 Å². The maximum atomic E-state index is 12.6. The zero-order valence-corrected chi connectivity index (χ0v) is 12.6. The van der Waals surface area contributed by atoms with Crippen LogP contribution in [-0.4, -0.2) is 30.5 Å². The molecule has 114 valence electrons. The van der Waals surface area contributed by atoms with Crippen LogP contribution < -0.4 is 4.84 Å². The second-order valence-corrected chi connectivity index (χ2v) is 5.31. The summed E-state index contributed by atoms with van der Waals surface area (Å²) in [6.07, 6.45) is 1.81. The Morgan fingerprint density at radius 1 is 1.17 bits per heavy atom. The fraction of sp³-hybridized carbons (Fsp3) is 0.125. The first-order valence-corrected chi connectivity index (χ1v) is 7.12. The highest BCUT2D eigenvalue weighted by molar-refractivity contribution is 5.90. The van der Waals surface area contributed by atoms with Gasteiger partial charge in [-0.15, -0.1) is 5.10 Å². The summed E-state index contributed by atoms with van der Waals surface area (Å²) in [5.41, 5.74) is 4.04. The number of carbonyl (C=O) groups excluding carboxylic acids is 1. The molecule has 3 aromatic heterocycles. The van der Waals surface area contributed by atoms with Gasteiger partial charge in [-0.1, -0.05) is 17.0 Å². The van der Waals surface area contributed by atoms with Gasteiger partial charge >= 0.3 is 5.97 Å². The normalized spacial score (nSPS) is 11.2. The van der Waals surface area contributed by atoms with E-state index in [1.807, 2.05) is 31.2 Å². The Kier molecular flexibility index (Phi) is 2.87. The lowest BCUT2D eigenvalue weighted by Gasteiger charge is -2.04. The molecule has 0 fully saturated rings. The minimum absolute atomic E-state index is 0.375. The number of para-hydroxylation sites is 1. The van der Waals surface area contributed by atoms with Gasteiger partial charge in [0.05, 0.1) is 5.69 Å². The number of hydrogen-bond donors (Lipinski definition) is 0. The number of benzene rings is 1. The summed E-state index contributed by atoms with van der Waals surface area (Å²) in [6.45, 7) is 3.75. The summed E-state index contributed by atoms with van der Waals surface area (Å²) in [7, 11) is 0. The van der Waals surface area contributed by atoms with E-state index in [9.17, 15) is 4.79 Å². The van der Waals surface area contributed by atoms with Crippen LogP contribution in [0.2, 0.25) is 0 Å². The molecule has 1 aromatic carbocycles. The van der Waals surface area contributed by atoms with Crippen molar-refractivity contribution < 1.29 is 9.63 Å². The first-order chi connectivity index (χ1) is 11.1. The Morgan fingerprint density at radius 3 is 2.87 bits per heavy atom. The second kappa shape index (κ2) is 4.91. The van der Waals surface area contributed by atoms with Crippen molar-refractivity contribution in [2.75, 3.05) is 0 Å². The predicted molar refractivity (Wildman–Crippen MR) is 83.1 cm³/mol. The molecule has 0 atom stereocenters. The monoisotopic (exact) mass is 307 g/mol. The molecule has 0 aliphatic heterocycles. The average molecular weight is 307 g/mol. The van der Waals surface area contributed by atoms with Crippen LogP contribution in [0.15, 0.2) is 42.6 Å². The van der Waals surface area contributed by atoms with Crippen molar-refractivity contribution in [3.05, 3.63) is 59.5 Å². The molecule has 4 rings (SSSR count). The third-order valence-electron chi connectivity index (χ3n) is 3.64. The number of imidazole rings is 1. The highest BCUT2D eigenvalue weighted by atomic mass is 16.7. The lowest BCUT2D eigenvalue weighted by atomic mass is 10.3. The fourth-order valence-corrected chi connectivity index (χ4v) is 2.55. The molecule has 0 spiro atoms. The molecule has 4 aromatic rings. The molecule has 0 N–H and O–H groups in total. The van der Waals surface area contributed by atoms with Crippen LogP contribution >= 0.6 is 0 Å². The maximum Gasteiger partial charge on any atom is 0.384 e. The van der Waals surface area contributed by atoms with Crippen LogP contribution in [0.5, 0.6) is 0 Å². The molecule has 0 aliphatic carbocycles. The number of rotatable bonds is 2. The van der Waals surface area contributed by atoms with E-state index in [1.54, 1.807) is 29.7 Å². The Bertz CT molecular complexity index is 1050. The van der Waals surface area contributed by atoms with E-state index >= 15 is 0 Å². The summed E-state index contributed by atoms with van der Waals surface area (Å²) < 4.78 is 1.71. The Balaban J connectivity index is 1.76. The van der Waals surface area contributed by atoms with Crippen molar-refractivity contribution in [3.63, 3.8) is 0 Å². The van der Waals surface area contributed by atoms with Crippen molar-refractivity contribution in [1.29, 1.82) is 0 Å². The smallest absolute Gasteiger partial charge is 0.310 e. The SMILES string of the molecule is Cc1ccn2c(C(=O)On3nnc4ccccc43)c(C)nc2c1. The number of aromatic nitrogens is 5. The van der Waals surface area contributed by atoms with Crippen LogP contribution in [0.25, 0.3) is 16.7 Å². The number of hydrogen-bond acceptors (Lipinski definition) is 5. The first kappa shape index (κ1) is 13.4. The zero-order chi connectivity index (χ0) is 16.0. The number of nitrogens with zero attached hydrogens (tertiary/aromatic N) is 5. The van der Waals surface area contributed by atoms with E-state index in [0.717, 1.165) is 10.4 Å². The van der Waals surface area contributed by atoms with E-state index in [-0.39, 0.29) is 0 Å². The lowest BCUT2D eigenvalue weighted by molar-refractivity contribution is 0.0400. The van der Waals surface area contributed by atoms with Gasteiger partial charge in [0.15, 0.2) is 5.69 Å². The summed E-state index contributed by atoms with van der Waals surface area (Å²) >= 11 is 0. The lowest BCUT2D eigenvalue weighted by Crippen LogP contribution is -2.23. The van der Waals surface area contributed by atoms with Gasteiger partial charge in [-0.2, -0.15) is 0 Å². The third-order valence-corrected chi connectivity index (χ3v) is 3.64. The van der Waals surface area contributed by atoms with E-state index in [1.165, 1.54) is 0 Å². The number of pyridine rings is 1. The molecular weight excluding hydrogens is 294 g/mol. The van der Waals surface area contributed by atoms with Crippen molar-refractivity contribution in [3.8, 4) is 0 Å². The Hall–Kier alpha value is -3.22. The molecule has 7 nitrogen and oxygen atoms in total. The predicted octanol–water partition coefficient (Wildman–Crippen LogP) is 1.96. The molecule has 7 heteroatoms. The van der Waals surface area contributed by atoms with Crippen LogP contribution in [0.3, 0.4) is 0 Å². The Morgan fingerprint density at radius 2 is 2.00 bits per heavy atom. The molecule has 0 radical (unpaired) electrons. The van der Waals surface area contributed by atoms with Crippen molar-refractivity contribution in [1.82, 2.24) is 24.5 Å². The third kappa shape index (κ3) is 2.13. The summed E-state index contributed by atoms with van der Waals surface area (Å²) in [6, 6.07) is 11.1.